The monoisotopic (exact) mass is 215 g/mol. The second-order valence-corrected chi connectivity index (χ2v) is 5.36. The SMILES string of the molecule is CC(C)CCC(C)(O)CC1COCCN1. The molecule has 1 fully saturated rings. The van der Waals surface area contributed by atoms with Gasteiger partial charge in [-0.3, -0.25) is 0 Å². The highest BCUT2D eigenvalue weighted by molar-refractivity contribution is 4.82. The predicted octanol–water partition coefficient (Wildman–Crippen LogP) is 1.55. The van der Waals surface area contributed by atoms with Crippen molar-refractivity contribution in [3.8, 4) is 0 Å². The first-order valence-corrected chi connectivity index (χ1v) is 6.03. The van der Waals surface area contributed by atoms with Gasteiger partial charge in [0.2, 0.25) is 0 Å². The van der Waals surface area contributed by atoms with Gasteiger partial charge in [-0.1, -0.05) is 13.8 Å². The molecule has 1 saturated heterocycles. The van der Waals surface area contributed by atoms with Crippen LogP contribution in [0, 0.1) is 5.92 Å². The summed E-state index contributed by atoms with van der Waals surface area (Å²) in [6.07, 6.45) is 2.75. The summed E-state index contributed by atoms with van der Waals surface area (Å²) in [6, 6.07) is 0.320. The quantitative estimate of drug-likeness (QED) is 0.731. The topological polar surface area (TPSA) is 41.5 Å². The molecular weight excluding hydrogens is 190 g/mol. The lowest BCUT2D eigenvalue weighted by molar-refractivity contribution is -0.00203. The van der Waals surface area contributed by atoms with Crippen molar-refractivity contribution in [2.45, 2.75) is 51.7 Å². The predicted molar refractivity (Wildman–Crippen MR) is 61.9 cm³/mol. The second kappa shape index (κ2) is 5.83. The van der Waals surface area contributed by atoms with E-state index in [9.17, 15) is 5.11 Å². The van der Waals surface area contributed by atoms with Gasteiger partial charge in [-0.2, -0.15) is 0 Å². The van der Waals surface area contributed by atoms with E-state index >= 15 is 0 Å². The Bertz CT molecular complexity index is 174. The lowest BCUT2D eigenvalue weighted by atomic mass is 9.89. The molecule has 15 heavy (non-hydrogen) atoms. The van der Waals surface area contributed by atoms with Crippen LogP contribution in [0.25, 0.3) is 0 Å². The minimum absolute atomic E-state index is 0.320. The van der Waals surface area contributed by atoms with Crippen LogP contribution in [0.3, 0.4) is 0 Å². The van der Waals surface area contributed by atoms with Crippen LogP contribution in [0.5, 0.6) is 0 Å². The molecule has 2 unspecified atom stereocenters. The van der Waals surface area contributed by atoms with E-state index < -0.39 is 5.60 Å². The Morgan fingerprint density at radius 1 is 1.53 bits per heavy atom. The third-order valence-corrected chi connectivity index (χ3v) is 2.94. The molecular formula is C12H25NO2. The molecule has 1 aliphatic heterocycles. The molecule has 2 N–H and O–H groups in total. The van der Waals surface area contributed by atoms with E-state index in [0.717, 1.165) is 39.0 Å². The van der Waals surface area contributed by atoms with E-state index in [-0.39, 0.29) is 0 Å². The maximum absolute atomic E-state index is 10.2. The van der Waals surface area contributed by atoms with E-state index in [0.29, 0.717) is 12.0 Å². The molecule has 0 amide bonds. The Morgan fingerprint density at radius 2 is 2.27 bits per heavy atom. The van der Waals surface area contributed by atoms with Gasteiger partial charge >= 0.3 is 0 Å². The Kier molecular flexibility index (Phi) is 5.03. The molecule has 0 radical (unpaired) electrons. The molecule has 0 saturated carbocycles. The highest BCUT2D eigenvalue weighted by Crippen LogP contribution is 2.22. The zero-order valence-electron chi connectivity index (χ0n) is 10.3. The normalized spacial score (nSPS) is 26.6. The van der Waals surface area contributed by atoms with Crippen molar-refractivity contribution in [2.24, 2.45) is 5.92 Å². The summed E-state index contributed by atoms with van der Waals surface area (Å²) >= 11 is 0. The summed E-state index contributed by atoms with van der Waals surface area (Å²) in [6.45, 7) is 8.76. The van der Waals surface area contributed by atoms with E-state index in [1.807, 2.05) is 6.92 Å². The van der Waals surface area contributed by atoms with E-state index in [2.05, 4.69) is 19.2 Å². The Balaban J connectivity index is 2.26. The lowest BCUT2D eigenvalue weighted by Gasteiger charge is -2.32. The van der Waals surface area contributed by atoms with Crippen LogP contribution in [0.1, 0.15) is 40.0 Å². The van der Waals surface area contributed by atoms with Crippen molar-refractivity contribution >= 4 is 0 Å². The molecule has 0 aromatic rings. The van der Waals surface area contributed by atoms with E-state index in [1.165, 1.54) is 0 Å². The molecule has 3 nitrogen and oxygen atoms in total. The fraction of sp³-hybridized carbons (Fsp3) is 1.00. The maximum Gasteiger partial charge on any atom is 0.0635 e. The molecule has 0 spiro atoms. The van der Waals surface area contributed by atoms with Gasteiger partial charge in [-0.05, 0) is 32.1 Å². The number of nitrogens with one attached hydrogen (secondary N) is 1. The molecule has 0 aromatic carbocycles. The summed E-state index contributed by atoms with van der Waals surface area (Å²) < 4.78 is 5.38. The molecule has 90 valence electrons. The minimum atomic E-state index is -0.553. The van der Waals surface area contributed by atoms with Crippen molar-refractivity contribution in [1.29, 1.82) is 0 Å². The minimum Gasteiger partial charge on any atom is -0.390 e. The van der Waals surface area contributed by atoms with Gasteiger partial charge in [0.15, 0.2) is 0 Å². The lowest BCUT2D eigenvalue weighted by Crippen LogP contribution is -2.46. The van der Waals surface area contributed by atoms with Crippen LogP contribution >= 0.6 is 0 Å². The first-order valence-electron chi connectivity index (χ1n) is 6.03. The highest BCUT2D eigenvalue weighted by Gasteiger charge is 2.26. The van der Waals surface area contributed by atoms with Crippen molar-refractivity contribution in [2.75, 3.05) is 19.8 Å². The van der Waals surface area contributed by atoms with Gasteiger partial charge in [0.25, 0.3) is 0 Å². The molecule has 0 aromatic heterocycles. The van der Waals surface area contributed by atoms with Crippen LogP contribution in [-0.4, -0.2) is 36.5 Å². The largest absolute Gasteiger partial charge is 0.390 e. The third-order valence-electron chi connectivity index (χ3n) is 2.94. The highest BCUT2D eigenvalue weighted by atomic mass is 16.5. The molecule has 0 aliphatic carbocycles. The molecule has 1 aliphatic rings. The van der Waals surface area contributed by atoms with Gasteiger partial charge in [0, 0.05) is 12.6 Å². The number of hydrogen-bond acceptors (Lipinski definition) is 3. The van der Waals surface area contributed by atoms with Crippen LogP contribution in [-0.2, 0) is 4.74 Å². The zero-order valence-corrected chi connectivity index (χ0v) is 10.3. The number of aliphatic hydroxyl groups is 1. The average Bonchev–Trinajstić information content (AvgIpc) is 2.16. The first-order chi connectivity index (χ1) is 6.99. The standard InChI is InChI=1S/C12H25NO2/c1-10(2)4-5-12(3,14)8-11-9-15-7-6-13-11/h10-11,13-14H,4-9H2,1-3H3. The van der Waals surface area contributed by atoms with Crippen LogP contribution in [0.4, 0.5) is 0 Å². The number of rotatable bonds is 5. The van der Waals surface area contributed by atoms with Gasteiger partial charge in [0.1, 0.15) is 0 Å². The number of hydrogen-bond donors (Lipinski definition) is 2. The van der Waals surface area contributed by atoms with E-state index in [4.69, 9.17) is 4.74 Å². The Hall–Kier alpha value is -0.120. The third kappa shape index (κ3) is 5.50. The average molecular weight is 215 g/mol. The summed E-state index contributed by atoms with van der Waals surface area (Å²) in [5.41, 5.74) is -0.553. The maximum atomic E-state index is 10.2. The molecule has 1 rings (SSSR count). The fourth-order valence-electron chi connectivity index (χ4n) is 1.98. The Labute approximate surface area is 93.2 Å². The number of morpholine rings is 1. The molecule has 3 heteroatoms. The molecule has 1 heterocycles. The van der Waals surface area contributed by atoms with Gasteiger partial charge < -0.3 is 15.2 Å². The summed E-state index contributed by atoms with van der Waals surface area (Å²) in [5.74, 6) is 0.659. The van der Waals surface area contributed by atoms with Gasteiger partial charge in [-0.25, -0.2) is 0 Å². The van der Waals surface area contributed by atoms with Crippen molar-refractivity contribution in [3.05, 3.63) is 0 Å². The summed E-state index contributed by atoms with van der Waals surface area (Å²) in [5, 5.41) is 13.6. The van der Waals surface area contributed by atoms with Crippen LogP contribution < -0.4 is 5.32 Å². The molecule has 0 bridgehead atoms. The molecule has 2 atom stereocenters. The van der Waals surface area contributed by atoms with Crippen molar-refractivity contribution < 1.29 is 9.84 Å². The van der Waals surface area contributed by atoms with Crippen molar-refractivity contribution in [3.63, 3.8) is 0 Å². The van der Waals surface area contributed by atoms with Crippen LogP contribution in [0.15, 0.2) is 0 Å². The van der Waals surface area contributed by atoms with Crippen LogP contribution in [0.2, 0.25) is 0 Å². The summed E-state index contributed by atoms with van der Waals surface area (Å²) in [4.78, 5) is 0. The first kappa shape index (κ1) is 12.9. The fourth-order valence-corrected chi connectivity index (χ4v) is 1.98. The smallest absolute Gasteiger partial charge is 0.0635 e. The Morgan fingerprint density at radius 3 is 2.80 bits per heavy atom. The number of ether oxygens (including phenoxy) is 1. The van der Waals surface area contributed by atoms with Crippen molar-refractivity contribution in [1.82, 2.24) is 5.32 Å². The van der Waals surface area contributed by atoms with Gasteiger partial charge in [0.05, 0.1) is 18.8 Å². The van der Waals surface area contributed by atoms with E-state index in [1.54, 1.807) is 0 Å². The zero-order chi connectivity index (χ0) is 11.3. The van der Waals surface area contributed by atoms with Gasteiger partial charge in [-0.15, -0.1) is 0 Å². The summed E-state index contributed by atoms with van der Waals surface area (Å²) in [7, 11) is 0. The second-order valence-electron chi connectivity index (χ2n) is 5.36.